The number of rotatable bonds is 2. The van der Waals surface area contributed by atoms with Gasteiger partial charge in [0.2, 0.25) is 0 Å². The second-order valence-electron chi connectivity index (χ2n) is 3.17. The SMILES string of the molecule is FC(F)Oc1ccc(C(F)(F)F)c(Cl)c1C(F)(F)F. The summed E-state index contributed by atoms with van der Waals surface area (Å²) in [4.78, 5) is 0. The molecule has 0 aromatic heterocycles. The Labute approximate surface area is 105 Å². The van der Waals surface area contributed by atoms with Gasteiger partial charge in [-0.15, -0.1) is 0 Å². The highest BCUT2D eigenvalue weighted by Gasteiger charge is 2.43. The summed E-state index contributed by atoms with van der Waals surface area (Å²) >= 11 is 5.00. The molecule has 0 saturated heterocycles. The summed E-state index contributed by atoms with van der Waals surface area (Å²) in [5.41, 5.74) is -3.88. The molecule has 1 rings (SSSR count). The van der Waals surface area contributed by atoms with Crippen molar-refractivity contribution in [2.24, 2.45) is 0 Å². The highest BCUT2D eigenvalue weighted by molar-refractivity contribution is 6.32. The average molecular weight is 315 g/mol. The predicted octanol–water partition coefficient (Wildman–Crippen LogP) is 4.98. The summed E-state index contributed by atoms with van der Waals surface area (Å²) in [6.07, 6.45) is -10.5. The molecule has 0 atom stereocenters. The molecule has 1 aromatic rings. The second kappa shape index (κ2) is 5.03. The Morgan fingerprint density at radius 3 is 1.84 bits per heavy atom. The fraction of sp³-hybridized carbons (Fsp3) is 0.333. The molecule has 1 nitrogen and oxygen atoms in total. The van der Waals surface area contributed by atoms with Crippen LogP contribution in [0.4, 0.5) is 35.1 Å². The quantitative estimate of drug-likeness (QED) is 0.700. The third-order valence-corrected chi connectivity index (χ3v) is 2.30. The number of ether oxygens (including phenoxy) is 1. The third kappa shape index (κ3) is 3.62. The molecule has 0 heterocycles. The van der Waals surface area contributed by atoms with Gasteiger partial charge in [0, 0.05) is 0 Å². The van der Waals surface area contributed by atoms with Crippen molar-refractivity contribution >= 4 is 11.6 Å². The fourth-order valence-corrected chi connectivity index (χ4v) is 1.61. The van der Waals surface area contributed by atoms with E-state index in [0.29, 0.717) is 0 Å². The van der Waals surface area contributed by atoms with E-state index in [9.17, 15) is 35.1 Å². The molecule has 0 amide bonds. The van der Waals surface area contributed by atoms with Crippen molar-refractivity contribution in [2.75, 3.05) is 0 Å². The average Bonchev–Trinajstić information content (AvgIpc) is 2.11. The van der Waals surface area contributed by atoms with Crippen LogP contribution >= 0.6 is 11.6 Å². The molecule has 0 unspecified atom stereocenters. The van der Waals surface area contributed by atoms with Crippen LogP contribution in [0.5, 0.6) is 5.75 Å². The van der Waals surface area contributed by atoms with Gasteiger partial charge in [-0.1, -0.05) is 11.6 Å². The number of halogens is 9. The van der Waals surface area contributed by atoms with Crippen LogP contribution in [0, 0.1) is 0 Å². The maximum absolute atomic E-state index is 12.6. The van der Waals surface area contributed by atoms with Gasteiger partial charge in [0.15, 0.2) is 0 Å². The predicted molar refractivity (Wildman–Crippen MR) is 48.1 cm³/mol. The topological polar surface area (TPSA) is 9.23 Å². The highest BCUT2D eigenvalue weighted by atomic mass is 35.5. The van der Waals surface area contributed by atoms with Gasteiger partial charge in [-0.05, 0) is 12.1 Å². The molecule has 108 valence electrons. The van der Waals surface area contributed by atoms with Crippen molar-refractivity contribution in [3.63, 3.8) is 0 Å². The van der Waals surface area contributed by atoms with Crippen LogP contribution < -0.4 is 4.74 Å². The number of alkyl halides is 8. The van der Waals surface area contributed by atoms with Crippen molar-refractivity contribution in [3.8, 4) is 5.75 Å². The van der Waals surface area contributed by atoms with Crippen LogP contribution in [-0.4, -0.2) is 6.61 Å². The van der Waals surface area contributed by atoms with Gasteiger partial charge in [0.25, 0.3) is 0 Å². The molecule has 0 saturated carbocycles. The first-order chi connectivity index (χ1) is 8.44. The maximum atomic E-state index is 12.6. The Kier molecular flexibility index (Phi) is 4.18. The minimum absolute atomic E-state index is 0.134. The van der Waals surface area contributed by atoms with Crippen molar-refractivity contribution in [3.05, 3.63) is 28.3 Å². The van der Waals surface area contributed by atoms with E-state index in [-0.39, 0.29) is 12.1 Å². The van der Waals surface area contributed by atoms with Crippen LogP contribution in [0.2, 0.25) is 5.02 Å². The highest BCUT2D eigenvalue weighted by Crippen LogP contribution is 2.46. The molecule has 0 aliphatic carbocycles. The first-order valence-corrected chi connectivity index (χ1v) is 4.74. The van der Waals surface area contributed by atoms with Crippen molar-refractivity contribution < 1.29 is 39.9 Å². The Bertz CT molecular complexity index is 465. The van der Waals surface area contributed by atoms with Gasteiger partial charge in [0.05, 0.1) is 10.6 Å². The van der Waals surface area contributed by atoms with Gasteiger partial charge < -0.3 is 4.74 Å². The standard InChI is InChI=1S/C9H3ClF8O/c10-6-3(8(13,14)15)1-2-4(19-7(11)12)5(6)9(16,17)18/h1-2,7H. The normalized spacial score (nSPS) is 12.9. The summed E-state index contributed by atoms with van der Waals surface area (Å²) in [6, 6.07) is 0.277. The van der Waals surface area contributed by atoms with Crippen LogP contribution in [-0.2, 0) is 12.4 Å². The van der Waals surface area contributed by atoms with E-state index in [1.165, 1.54) is 0 Å². The molecule has 19 heavy (non-hydrogen) atoms. The molecule has 0 radical (unpaired) electrons. The van der Waals surface area contributed by atoms with Crippen LogP contribution in [0.1, 0.15) is 11.1 Å². The summed E-state index contributed by atoms with van der Waals surface area (Å²) in [5, 5.41) is -1.74. The number of hydrogen-bond acceptors (Lipinski definition) is 1. The van der Waals surface area contributed by atoms with Crippen LogP contribution in [0.3, 0.4) is 0 Å². The molecule has 0 aliphatic heterocycles. The van der Waals surface area contributed by atoms with Crippen LogP contribution in [0.25, 0.3) is 0 Å². The zero-order valence-electron chi connectivity index (χ0n) is 8.54. The lowest BCUT2D eigenvalue weighted by Gasteiger charge is -2.18. The number of hydrogen-bond donors (Lipinski definition) is 0. The Hall–Kier alpha value is -1.25. The van der Waals surface area contributed by atoms with Crippen LogP contribution in [0.15, 0.2) is 12.1 Å². The van der Waals surface area contributed by atoms with E-state index in [4.69, 9.17) is 11.6 Å². The lowest BCUT2D eigenvalue weighted by atomic mass is 10.1. The van der Waals surface area contributed by atoms with Gasteiger partial charge in [-0.3, -0.25) is 0 Å². The smallest absolute Gasteiger partial charge is 0.421 e. The van der Waals surface area contributed by atoms with E-state index < -0.39 is 40.9 Å². The molecule has 0 N–H and O–H groups in total. The van der Waals surface area contributed by atoms with E-state index >= 15 is 0 Å². The molecular formula is C9H3ClF8O. The minimum Gasteiger partial charge on any atom is -0.434 e. The Morgan fingerprint density at radius 2 is 1.47 bits per heavy atom. The summed E-state index contributed by atoms with van der Waals surface area (Å²) < 4.78 is 102. The molecular weight excluding hydrogens is 312 g/mol. The maximum Gasteiger partial charge on any atom is 0.421 e. The zero-order chi connectivity index (χ0) is 15.0. The van der Waals surface area contributed by atoms with E-state index in [0.717, 1.165) is 0 Å². The van der Waals surface area contributed by atoms with Crippen molar-refractivity contribution in [1.29, 1.82) is 0 Å². The van der Waals surface area contributed by atoms with Crippen molar-refractivity contribution in [2.45, 2.75) is 19.0 Å². The summed E-state index contributed by atoms with van der Waals surface area (Å²) in [7, 11) is 0. The summed E-state index contributed by atoms with van der Waals surface area (Å²) in [6.45, 7) is -3.63. The molecule has 0 spiro atoms. The monoisotopic (exact) mass is 314 g/mol. The molecule has 10 heteroatoms. The molecule has 1 aromatic carbocycles. The number of benzene rings is 1. The first kappa shape index (κ1) is 15.8. The summed E-state index contributed by atoms with van der Waals surface area (Å²) in [5.74, 6) is -1.47. The van der Waals surface area contributed by atoms with Gasteiger partial charge in [-0.25, -0.2) is 0 Å². The fourth-order valence-electron chi connectivity index (χ4n) is 1.24. The molecule has 0 fully saturated rings. The largest absolute Gasteiger partial charge is 0.434 e. The zero-order valence-corrected chi connectivity index (χ0v) is 9.30. The third-order valence-electron chi connectivity index (χ3n) is 1.91. The lowest BCUT2D eigenvalue weighted by Crippen LogP contribution is -2.15. The van der Waals surface area contributed by atoms with E-state index in [1.54, 1.807) is 0 Å². The van der Waals surface area contributed by atoms with Crippen molar-refractivity contribution in [1.82, 2.24) is 0 Å². The van der Waals surface area contributed by atoms with Gasteiger partial charge in [-0.2, -0.15) is 35.1 Å². The van der Waals surface area contributed by atoms with Gasteiger partial charge >= 0.3 is 19.0 Å². The minimum atomic E-state index is -5.37. The van der Waals surface area contributed by atoms with Gasteiger partial charge in [0.1, 0.15) is 11.3 Å². The Morgan fingerprint density at radius 1 is 0.947 bits per heavy atom. The lowest BCUT2D eigenvalue weighted by molar-refractivity contribution is -0.145. The Balaban J connectivity index is 3.50. The van der Waals surface area contributed by atoms with E-state index in [2.05, 4.69) is 4.74 Å². The second-order valence-corrected chi connectivity index (χ2v) is 3.55. The van der Waals surface area contributed by atoms with E-state index in [1.807, 2.05) is 0 Å². The molecule has 0 aliphatic rings. The first-order valence-electron chi connectivity index (χ1n) is 4.36. The molecule has 0 bridgehead atoms.